The van der Waals surface area contributed by atoms with Gasteiger partial charge in [0.1, 0.15) is 18.5 Å². The van der Waals surface area contributed by atoms with E-state index in [1.807, 2.05) is 4.98 Å². The first kappa shape index (κ1) is 19.9. The number of hydrogen-bond acceptors (Lipinski definition) is 9. The van der Waals surface area contributed by atoms with Crippen LogP contribution in [0, 0.1) is 0 Å². The molecule has 1 aromatic heterocycles. The summed E-state index contributed by atoms with van der Waals surface area (Å²) in [5.74, 6) is -1.59. The van der Waals surface area contributed by atoms with Gasteiger partial charge in [-0.25, -0.2) is 9.59 Å². The standard InChI is InChI=1S/C12H20N3O9P/c1-5(24-25(21,22)6(2)16)3-7-8(17)9(18)10(23-7)15-4-13-11(19)14-12(15)20/h4-10,16-18H,3H2,1-2H3,(H,21,22)(H,14,19,20)/t5?,6?,7-,8-,9-,10-/m1/s1. The third kappa shape index (κ3) is 4.42. The average Bonchev–Trinajstić information content (AvgIpc) is 2.75. The first-order valence-corrected chi connectivity index (χ1v) is 9.05. The van der Waals surface area contributed by atoms with E-state index in [2.05, 4.69) is 4.98 Å². The van der Waals surface area contributed by atoms with E-state index in [1.165, 1.54) is 6.92 Å². The van der Waals surface area contributed by atoms with Crippen LogP contribution in [0.2, 0.25) is 0 Å². The Morgan fingerprint density at radius 2 is 2.04 bits per heavy atom. The summed E-state index contributed by atoms with van der Waals surface area (Å²) in [4.78, 5) is 37.5. The molecule has 142 valence electrons. The van der Waals surface area contributed by atoms with E-state index in [0.29, 0.717) is 0 Å². The Hall–Kier alpha value is -1.40. The molecule has 3 unspecified atom stereocenters. The number of hydrogen-bond donors (Lipinski definition) is 5. The van der Waals surface area contributed by atoms with E-state index >= 15 is 0 Å². The van der Waals surface area contributed by atoms with Gasteiger partial charge in [-0.1, -0.05) is 0 Å². The Labute approximate surface area is 141 Å². The van der Waals surface area contributed by atoms with E-state index in [4.69, 9.17) is 9.26 Å². The first-order valence-electron chi connectivity index (χ1n) is 7.41. The minimum Gasteiger partial charge on any atom is -0.388 e. The summed E-state index contributed by atoms with van der Waals surface area (Å²) in [7, 11) is -4.25. The van der Waals surface area contributed by atoms with E-state index in [1.54, 1.807) is 0 Å². The van der Waals surface area contributed by atoms with Gasteiger partial charge in [-0.2, -0.15) is 4.98 Å². The fourth-order valence-corrected chi connectivity index (χ4v) is 3.18. The Morgan fingerprint density at radius 3 is 2.60 bits per heavy atom. The minimum absolute atomic E-state index is 0.0997. The molecule has 13 heteroatoms. The van der Waals surface area contributed by atoms with E-state index in [-0.39, 0.29) is 6.42 Å². The van der Waals surface area contributed by atoms with Crippen molar-refractivity contribution in [3.8, 4) is 0 Å². The molecule has 25 heavy (non-hydrogen) atoms. The molecule has 0 bridgehead atoms. The lowest BCUT2D eigenvalue weighted by molar-refractivity contribution is -0.0510. The summed E-state index contributed by atoms with van der Waals surface area (Å²) in [6.45, 7) is 2.53. The lowest BCUT2D eigenvalue weighted by atomic mass is 10.1. The van der Waals surface area contributed by atoms with Crippen molar-refractivity contribution in [1.82, 2.24) is 14.5 Å². The van der Waals surface area contributed by atoms with Crippen molar-refractivity contribution in [2.75, 3.05) is 0 Å². The second kappa shape index (κ2) is 7.46. The maximum atomic E-state index is 11.7. The van der Waals surface area contributed by atoms with Gasteiger partial charge in [0, 0.05) is 6.42 Å². The molecule has 0 aromatic carbocycles. The summed E-state index contributed by atoms with van der Waals surface area (Å²) in [6.07, 6.45) is -5.37. The Kier molecular flexibility index (Phi) is 5.94. The zero-order valence-corrected chi connectivity index (χ0v) is 14.3. The van der Waals surface area contributed by atoms with Gasteiger partial charge in [-0.05, 0) is 13.8 Å². The molecule has 1 aromatic rings. The molecule has 1 saturated heterocycles. The van der Waals surface area contributed by atoms with E-state index in [9.17, 15) is 34.4 Å². The fourth-order valence-electron chi connectivity index (χ4n) is 2.41. The van der Waals surface area contributed by atoms with Crippen molar-refractivity contribution < 1.29 is 34.0 Å². The number of rotatable bonds is 6. The molecular formula is C12H20N3O9P. The summed E-state index contributed by atoms with van der Waals surface area (Å²) in [5, 5.41) is 29.3. The van der Waals surface area contributed by atoms with Crippen LogP contribution < -0.4 is 11.4 Å². The molecule has 0 spiro atoms. The number of H-pyrrole nitrogens is 1. The SMILES string of the molecule is CC(C[C@H]1O[C@@H](n2cnc(=O)[nH]c2=O)[C@H](O)[C@@H]1O)OP(=O)(O)C(C)O. The molecule has 0 amide bonds. The number of aromatic nitrogens is 3. The maximum absolute atomic E-state index is 11.7. The largest absolute Gasteiger partial charge is 0.388 e. The zero-order valence-electron chi connectivity index (χ0n) is 13.4. The molecule has 7 atom stereocenters. The highest BCUT2D eigenvalue weighted by molar-refractivity contribution is 7.53. The molecule has 2 rings (SSSR count). The van der Waals surface area contributed by atoms with Gasteiger partial charge in [0.05, 0.1) is 12.2 Å². The molecule has 0 saturated carbocycles. The molecular weight excluding hydrogens is 361 g/mol. The highest BCUT2D eigenvalue weighted by atomic mass is 31.2. The minimum atomic E-state index is -4.25. The van der Waals surface area contributed by atoms with Crippen LogP contribution in [0.5, 0.6) is 0 Å². The van der Waals surface area contributed by atoms with Crippen LogP contribution in [0.15, 0.2) is 15.9 Å². The van der Waals surface area contributed by atoms with Crippen molar-refractivity contribution >= 4 is 7.60 Å². The average molecular weight is 381 g/mol. The summed E-state index contributed by atoms with van der Waals surface area (Å²) in [5.41, 5.74) is -1.75. The maximum Gasteiger partial charge on any atom is 0.356 e. The predicted molar refractivity (Wildman–Crippen MR) is 81.7 cm³/mol. The summed E-state index contributed by atoms with van der Waals surface area (Å²) in [6, 6.07) is 0. The molecule has 1 fully saturated rings. The number of aliphatic hydroxyl groups excluding tert-OH is 3. The van der Waals surface area contributed by atoms with E-state index in [0.717, 1.165) is 17.8 Å². The molecule has 0 aliphatic carbocycles. The fraction of sp³-hybridized carbons (Fsp3) is 0.750. The van der Waals surface area contributed by atoms with Gasteiger partial charge in [0.15, 0.2) is 12.1 Å². The van der Waals surface area contributed by atoms with Gasteiger partial charge < -0.3 is 29.5 Å². The Bertz CT molecular complexity index is 763. The smallest absolute Gasteiger partial charge is 0.356 e. The normalized spacial score (nSPS) is 31.4. The molecule has 12 nitrogen and oxygen atoms in total. The highest BCUT2D eigenvalue weighted by Crippen LogP contribution is 2.48. The van der Waals surface area contributed by atoms with Crippen LogP contribution >= 0.6 is 7.60 Å². The Balaban J connectivity index is 2.10. The van der Waals surface area contributed by atoms with Gasteiger partial charge in [-0.15, -0.1) is 0 Å². The number of aromatic amines is 1. The number of aliphatic hydroxyl groups is 3. The summed E-state index contributed by atoms with van der Waals surface area (Å²) >= 11 is 0. The lowest BCUT2D eigenvalue weighted by Gasteiger charge is -2.23. The lowest BCUT2D eigenvalue weighted by Crippen LogP contribution is -2.38. The topological polar surface area (TPSA) is 184 Å². The van der Waals surface area contributed by atoms with Gasteiger partial charge in [0.25, 0.3) is 0 Å². The number of ether oxygens (including phenoxy) is 1. The quantitative estimate of drug-likeness (QED) is 0.341. The highest BCUT2D eigenvalue weighted by Gasteiger charge is 2.45. The summed E-state index contributed by atoms with van der Waals surface area (Å²) < 4.78 is 22.8. The molecule has 5 N–H and O–H groups in total. The van der Waals surface area contributed by atoms with Crippen LogP contribution in [0.3, 0.4) is 0 Å². The van der Waals surface area contributed by atoms with Crippen molar-refractivity contribution in [1.29, 1.82) is 0 Å². The monoisotopic (exact) mass is 381 g/mol. The second-order valence-electron chi connectivity index (χ2n) is 5.78. The van der Waals surface area contributed by atoms with Crippen molar-refractivity contribution in [2.45, 2.75) is 56.8 Å². The van der Waals surface area contributed by atoms with E-state index < -0.39 is 55.5 Å². The molecule has 1 aliphatic rings. The molecule has 2 heterocycles. The first-order chi connectivity index (χ1) is 11.5. The van der Waals surface area contributed by atoms with Crippen molar-refractivity contribution in [2.24, 2.45) is 0 Å². The van der Waals surface area contributed by atoms with Crippen LogP contribution in [0.1, 0.15) is 26.5 Å². The van der Waals surface area contributed by atoms with Crippen molar-refractivity contribution in [3.63, 3.8) is 0 Å². The van der Waals surface area contributed by atoms with Crippen LogP contribution in [-0.4, -0.2) is 65.0 Å². The van der Waals surface area contributed by atoms with Gasteiger partial charge >= 0.3 is 19.0 Å². The number of nitrogens with zero attached hydrogens (tertiary/aromatic N) is 2. The Morgan fingerprint density at radius 1 is 1.40 bits per heavy atom. The third-order valence-electron chi connectivity index (χ3n) is 3.73. The van der Waals surface area contributed by atoms with Gasteiger partial charge in [-0.3, -0.25) is 14.1 Å². The van der Waals surface area contributed by atoms with Crippen LogP contribution in [0.4, 0.5) is 0 Å². The number of nitrogens with one attached hydrogen (secondary N) is 1. The van der Waals surface area contributed by atoms with Gasteiger partial charge in [0.2, 0.25) is 0 Å². The molecule has 1 aliphatic heterocycles. The predicted octanol–water partition coefficient (Wildman–Crippen LogP) is -2.13. The third-order valence-corrected chi connectivity index (χ3v) is 5.33. The zero-order chi connectivity index (χ0) is 18.9. The molecule has 0 radical (unpaired) electrons. The van der Waals surface area contributed by atoms with Crippen molar-refractivity contribution in [3.05, 3.63) is 27.3 Å². The van der Waals surface area contributed by atoms with Crippen LogP contribution in [-0.2, 0) is 13.8 Å². The van der Waals surface area contributed by atoms with Crippen LogP contribution in [0.25, 0.3) is 0 Å². The second-order valence-corrected chi connectivity index (χ2v) is 7.87.